The molecule has 7 heteroatoms. The van der Waals surface area contributed by atoms with Gasteiger partial charge in [-0.2, -0.15) is 4.31 Å². The first-order valence-corrected chi connectivity index (χ1v) is 16.5. The lowest BCUT2D eigenvalue weighted by atomic mass is 9.90. The molecule has 1 fully saturated rings. The van der Waals surface area contributed by atoms with Gasteiger partial charge in [0, 0.05) is 25.3 Å². The van der Waals surface area contributed by atoms with Gasteiger partial charge in [-0.3, -0.25) is 4.79 Å². The Morgan fingerprint density at radius 3 is 2.10 bits per heavy atom. The maximum atomic E-state index is 13.8. The Balaban J connectivity index is 1.28. The zero-order valence-electron chi connectivity index (χ0n) is 23.3. The van der Waals surface area contributed by atoms with Crippen LogP contribution in [0.2, 0.25) is 0 Å². The van der Waals surface area contributed by atoms with Gasteiger partial charge in [0.25, 0.3) is 0 Å². The third-order valence-corrected chi connectivity index (χ3v) is 10.8. The summed E-state index contributed by atoms with van der Waals surface area (Å²) in [6, 6.07) is 37.3. The summed E-state index contributed by atoms with van der Waals surface area (Å²) in [4.78, 5) is 16.2. The van der Waals surface area contributed by atoms with Crippen LogP contribution in [0.4, 0.5) is 0 Å². The monoisotopic (exact) mass is 584 g/mol. The summed E-state index contributed by atoms with van der Waals surface area (Å²) in [6.07, 6.45) is 1.12. The van der Waals surface area contributed by atoms with Crippen LogP contribution < -0.4 is 0 Å². The van der Waals surface area contributed by atoms with Crippen LogP contribution in [0, 0.1) is 0 Å². The minimum Gasteiger partial charge on any atom is -0.302 e. The average molecular weight is 585 g/mol. The molecular formula is C34H36N2O3S2. The summed E-state index contributed by atoms with van der Waals surface area (Å²) in [7, 11) is -1.71. The Kier molecular flexibility index (Phi) is 9.72. The fraction of sp³-hybridized carbons (Fsp3) is 0.265. The van der Waals surface area contributed by atoms with E-state index in [-0.39, 0.29) is 16.6 Å². The summed E-state index contributed by atoms with van der Waals surface area (Å²) < 4.78 is 28.8. The van der Waals surface area contributed by atoms with E-state index in [1.54, 1.807) is 12.1 Å². The average Bonchev–Trinajstić information content (AvgIpc) is 3.52. The second-order valence-electron chi connectivity index (χ2n) is 10.5. The molecule has 0 aromatic heterocycles. The van der Waals surface area contributed by atoms with Crippen molar-refractivity contribution in [3.8, 4) is 11.1 Å². The van der Waals surface area contributed by atoms with Gasteiger partial charge in [-0.25, -0.2) is 8.42 Å². The molecule has 4 aromatic carbocycles. The van der Waals surface area contributed by atoms with Gasteiger partial charge in [-0.15, -0.1) is 11.8 Å². The fourth-order valence-electron chi connectivity index (χ4n) is 5.35. The van der Waals surface area contributed by atoms with Crippen LogP contribution in [-0.4, -0.2) is 54.7 Å². The molecule has 0 unspecified atom stereocenters. The van der Waals surface area contributed by atoms with Crippen LogP contribution in [0.3, 0.4) is 0 Å². The van der Waals surface area contributed by atoms with Crippen molar-refractivity contribution in [2.24, 2.45) is 0 Å². The molecule has 1 heterocycles. The van der Waals surface area contributed by atoms with Crippen LogP contribution in [0.5, 0.6) is 0 Å². The predicted molar refractivity (Wildman–Crippen MR) is 168 cm³/mol. The zero-order valence-corrected chi connectivity index (χ0v) is 24.9. The van der Waals surface area contributed by atoms with Crippen LogP contribution in [0.25, 0.3) is 11.1 Å². The molecule has 1 aliphatic heterocycles. The van der Waals surface area contributed by atoms with Gasteiger partial charge < -0.3 is 4.90 Å². The maximum absolute atomic E-state index is 13.8. The van der Waals surface area contributed by atoms with Crippen LogP contribution >= 0.6 is 11.8 Å². The Labute approximate surface area is 248 Å². The first-order chi connectivity index (χ1) is 19.9. The first-order valence-electron chi connectivity index (χ1n) is 14.0. The van der Waals surface area contributed by atoms with Crippen molar-refractivity contribution >= 4 is 27.6 Å². The summed E-state index contributed by atoms with van der Waals surface area (Å²) in [6.45, 7) is 2.00. The molecule has 1 saturated heterocycles. The number of Topliss-reactive ketones (excluding diaryl/α,β-unsaturated/α-hetero) is 1. The zero-order chi connectivity index (χ0) is 28.7. The molecule has 0 saturated carbocycles. The molecule has 4 aromatic rings. The Hall–Kier alpha value is -3.23. The third kappa shape index (κ3) is 7.35. The van der Waals surface area contributed by atoms with Crippen molar-refractivity contribution in [1.82, 2.24) is 9.21 Å². The lowest BCUT2D eigenvalue weighted by Gasteiger charge is -2.26. The molecule has 2 atom stereocenters. The van der Waals surface area contributed by atoms with E-state index in [1.165, 1.54) is 21.6 Å². The summed E-state index contributed by atoms with van der Waals surface area (Å²) in [5.41, 5.74) is 4.35. The number of thioether (sulfide) groups is 1. The Bertz CT molecular complexity index is 1510. The molecule has 0 aliphatic carbocycles. The lowest BCUT2D eigenvalue weighted by molar-refractivity contribution is -0.120. The number of nitrogens with zero attached hydrogens (tertiary/aromatic N) is 2. The van der Waals surface area contributed by atoms with Crippen molar-refractivity contribution in [2.75, 3.05) is 25.9 Å². The van der Waals surface area contributed by atoms with Crippen molar-refractivity contribution in [2.45, 2.75) is 35.6 Å². The number of benzene rings is 4. The van der Waals surface area contributed by atoms with E-state index in [1.807, 2.05) is 78.9 Å². The standard InChI is InChI=1S/C34H36N2O3S2/c1-35(26-27-11-5-2-6-12-27)22-21-31(29-15-9-4-10-16-29)25-33(37)34-36(23-24-40-34)41(38,39)32-19-17-30(18-20-32)28-13-7-3-8-14-28/h2-20,31,34H,21-26H2,1H3/t31-,34+/m1/s1. The minimum absolute atomic E-state index is 0.0119. The van der Waals surface area contributed by atoms with E-state index in [0.29, 0.717) is 18.7 Å². The fourth-order valence-corrected chi connectivity index (χ4v) is 8.51. The van der Waals surface area contributed by atoms with E-state index in [4.69, 9.17) is 0 Å². The molecule has 0 N–H and O–H groups in total. The second-order valence-corrected chi connectivity index (χ2v) is 13.6. The normalized spacial score (nSPS) is 16.6. The van der Waals surface area contributed by atoms with E-state index >= 15 is 0 Å². The molecule has 1 aliphatic rings. The molecule has 41 heavy (non-hydrogen) atoms. The van der Waals surface area contributed by atoms with Gasteiger partial charge in [0.05, 0.1) is 4.90 Å². The van der Waals surface area contributed by atoms with Gasteiger partial charge in [0.15, 0.2) is 5.78 Å². The van der Waals surface area contributed by atoms with E-state index in [2.05, 4.69) is 36.2 Å². The molecule has 5 rings (SSSR count). The number of rotatable bonds is 12. The largest absolute Gasteiger partial charge is 0.302 e. The molecule has 212 valence electrons. The van der Waals surface area contributed by atoms with Crippen molar-refractivity contribution in [1.29, 1.82) is 0 Å². The van der Waals surface area contributed by atoms with Gasteiger partial charge in [0.1, 0.15) is 5.37 Å². The molecule has 0 amide bonds. The maximum Gasteiger partial charge on any atom is 0.244 e. The highest BCUT2D eigenvalue weighted by atomic mass is 32.2. The van der Waals surface area contributed by atoms with Crippen LogP contribution in [-0.2, 0) is 21.4 Å². The second kappa shape index (κ2) is 13.6. The van der Waals surface area contributed by atoms with Crippen molar-refractivity contribution < 1.29 is 13.2 Å². The highest BCUT2D eigenvalue weighted by Crippen LogP contribution is 2.35. The Morgan fingerprint density at radius 2 is 1.44 bits per heavy atom. The van der Waals surface area contributed by atoms with Crippen LogP contribution in [0.15, 0.2) is 120 Å². The van der Waals surface area contributed by atoms with Gasteiger partial charge in [-0.05, 0) is 60.3 Å². The van der Waals surface area contributed by atoms with E-state index in [9.17, 15) is 13.2 Å². The number of carbonyl (C=O) groups excluding carboxylic acids is 1. The lowest BCUT2D eigenvalue weighted by Crippen LogP contribution is -2.40. The summed E-state index contributed by atoms with van der Waals surface area (Å²) in [5.74, 6) is 0.586. The van der Waals surface area contributed by atoms with Crippen molar-refractivity contribution in [3.63, 3.8) is 0 Å². The van der Waals surface area contributed by atoms with Gasteiger partial charge >= 0.3 is 0 Å². The molecule has 0 bridgehead atoms. The summed E-state index contributed by atoms with van der Waals surface area (Å²) >= 11 is 1.43. The number of carbonyl (C=O) groups is 1. The summed E-state index contributed by atoms with van der Waals surface area (Å²) in [5, 5.41) is -0.706. The van der Waals surface area contributed by atoms with Crippen molar-refractivity contribution in [3.05, 3.63) is 126 Å². The molecular weight excluding hydrogens is 549 g/mol. The number of hydrogen-bond acceptors (Lipinski definition) is 5. The SMILES string of the molecule is CN(CC[C@H](CC(=O)[C@@H]1SCCN1S(=O)(=O)c1ccc(-c2ccccc2)cc1)c1ccccc1)Cc1ccccc1. The number of hydrogen-bond donors (Lipinski definition) is 0. The predicted octanol–water partition coefficient (Wildman–Crippen LogP) is 6.68. The third-order valence-electron chi connectivity index (χ3n) is 7.57. The van der Waals surface area contributed by atoms with Gasteiger partial charge in [0.2, 0.25) is 10.0 Å². The molecule has 5 nitrogen and oxygen atoms in total. The topological polar surface area (TPSA) is 57.7 Å². The van der Waals surface area contributed by atoms with Crippen LogP contribution in [0.1, 0.15) is 29.9 Å². The smallest absolute Gasteiger partial charge is 0.244 e. The molecule has 0 radical (unpaired) electrons. The minimum atomic E-state index is -3.81. The number of sulfonamides is 1. The highest BCUT2D eigenvalue weighted by molar-refractivity contribution is 8.02. The quantitative estimate of drug-likeness (QED) is 0.186. The van der Waals surface area contributed by atoms with E-state index in [0.717, 1.165) is 36.2 Å². The first kappa shape index (κ1) is 29.3. The molecule has 0 spiro atoms. The number of ketones is 1. The Morgan fingerprint density at radius 1 is 0.854 bits per heavy atom. The highest BCUT2D eigenvalue weighted by Gasteiger charge is 2.40. The van der Waals surface area contributed by atoms with Gasteiger partial charge in [-0.1, -0.05) is 103 Å². The van der Waals surface area contributed by atoms with E-state index < -0.39 is 15.4 Å².